The second-order valence-corrected chi connectivity index (χ2v) is 3.73. The Bertz CT molecular complexity index is 563. The molecule has 1 aromatic carbocycles. The molecule has 0 saturated heterocycles. The molecule has 0 atom stereocenters. The molecule has 2 rings (SSSR count). The maximum Gasteiger partial charge on any atom is 0.112 e. The molecule has 0 radical (unpaired) electrons. The van der Waals surface area contributed by atoms with E-state index in [0.29, 0.717) is 12.1 Å². The molecular weight excluding hydrogens is 212 g/mol. The quantitative estimate of drug-likeness (QED) is 0.867. The standard InChI is InChI=1S/C13H14N4/c1-2-13-16-5-6-17(13)12-4-3-10(8-14)7-11(12)9-15/h3-7H,2,8,14H2,1H3. The Balaban J connectivity index is 2.56. The van der Waals surface area contributed by atoms with E-state index >= 15 is 0 Å². The molecule has 17 heavy (non-hydrogen) atoms. The van der Waals surface area contributed by atoms with E-state index in [9.17, 15) is 5.26 Å². The van der Waals surface area contributed by atoms with Gasteiger partial charge in [-0.05, 0) is 17.7 Å². The summed E-state index contributed by atoms with van der Waals surface area (Å²) >= 11 is 0. The Morgan fingerprint density at radius 1 is 1.47 bits per heavy atom. The van der Waals surface area contributed by atoms with Crippen LogP contribution in [0.5, 0.6) is 0 Å². The Morgan fingerprint density at radius 2 is 2.29 bits per heavy atom. The molecule has 0 fully saturated rings. The van der Waals surface area contributed by atoms with E-state index in [0.717, 1.165) is 23.5 Å². The summed E-state index contributed by atoms with van der Waals surface area (Å²) in [6, 6.07) is 7.89. The topological polar surface area (TPSA) is 67.6 Å². The minimum absolute atomic E-state index is 0.444. The monoisotopic (exact) mass is 226 g/mol. The predicted octanol–water partition coefficient (Wildman–Crippen LogP) is 1.77. The van der Waals surface area contributed by atoms with Crippen LogP contribution in [0.4, 0.5) is 0 Å². The SMILES string of the molecule is CCc1nccn1-c1ccc(CN)cc1C#N. The molecule has 2 N–H and O–H groups in total. The van der Waals surface area contributed by atoms with Crippen LogP contribution in [0.25, 0.3) is 5.69 Å². The van der Waals surface area contributed by atoms with Crippen LogP contribution in [0.3, 0.4) is 0 Å². The third-order valence-corrected chi connectivity index (χ3v) is 2.71. The lowest BCUT2D eigenvalue weighted by Gasteiger charge is -2.09. The van der Waals surface area contributed by atoms with Crippen LogP contribution in [0.2, 0.25) is 0 Å². The fraction of sp³-hybridized carbons (Fsp3) is 0.231. The summed E-state index contributed by atoms with van der Waals surface area (Å²) < 4.78 is 1.94. The molecule has 1 aromatic heterocycles. The number of aryl methyl sites for hydroxylation is 1. The first kappa shape index (κ1) is 11.4. The van der Waals surface area contributed by atoms with Crippen molar-refractivity contribution in [1.82, 2.24) is 9.55 Å². The van der Waals surface area contributed by atoms with Crippen molar-refractivity contribution in [3.63, 3.8) is 0 Å². The van der Waals surface area contributed by atoms with Gasteiger partial charge in [0.2, 0.25) is 0 Å². The lowest BCUT2D eigenvalue weighted by molar-refractivity contribution is 0.887. The number of aromatic nitrogens is 2. The zero-order chi connectivity index (χ0) is 12.3. The molecule has 0 aliphatic heterocycles. The van der Waals surface area contributed by atoms with Crippen molar-refractivity contribution in [2.45, 2.75) is 19.9 Å². The summed E-state index contributed by atoms with van der Waals surface area (Å²) in [7, 11) is 0. The van der Waals surface area contributed by atoms with Crippen LogP contribution < -0.4 is 5.73 Å². The second kappa shape index (κ2) is 4.81. The first-order valence-electron chi connectivity index (χ1n) is 5.55. The summed E-state index contributed by atoms with van der Waals surface area (Å²) in [4.78, 5) is 4.26. The van der Waals surface area contributed by atoms with E-state index in [4.69, 9.17) is 5.73 Å². The maximum atomic E-state index is 9.18. The third-order valence-electron chi connectivity index (χ3n) is 2.71. The minimum Gasteiger partial charge on any atom is -0.326 e. The summed E-state index contributed by atoms with van der Waals surface area (Å²) in [5.41, 5.74) is 8.02. The number of imidazole rings is 1. The van der Waals surface area contributed by atoms with Crippen molar-refractivity contribution in [3.8, 4) is 11.8 Å². The number of hydrogen-bond donors (Lipinski definition) is 1. The number of rotatable bonds is 3. The lowest BCUT2D eigenvalue weighted by Crippen LogP contribution is -2.03. The van der Waals surface area contributed by atoms with Gasteiger partial charge in [-0.2, -0.15) is 5.26 Å². The number of nitrogens with zero attached hydrogens (tertiary/aromatic N) is 3. The molecule has 4 nitrogen and oxygen atoms in total. The minimum atomic E-state index is 0.444. The van der Waals surface area contributed by atoms with Crippen LogP contribution in [-0.2, 0) is 13.0 Å². The normalized spacial score (nSPS) is 10.2. The Hall–Kier alpha value is -2.12. The van der Waals surface area contributed by atoms with Crippen molar-refractivity contribution >= 4 is 0 Å². The van der Waals surface area contributed by atoms with Crippen LogP contribution in [-0.4, -0.2) is 9.55 Å². The van der Waals surface area contributed by atoms with Gasteiger partial charge in [0, 0.05) is 25.4 Å². The predicted molar refractivity (Wildman–Crippen MR) is 65.5 cm³/mol. The summed E-state index contributed by atoms with van der Waals surface area (Å²) in [6.45, 7) is 2.48. The van der Waals surface area contributed by atoms with Crippen molar-refractivity contribution in [1.29, 1.82) is 5.26 Å². The van der Waals surface area contributed by atoms with E-state index in [1.165, 1.54) is 0 Å². The van der Waals surface area contributed by atoms with E-state index in [1.54, 1.807) is 6.20 Å². The molecule has 0 spiro atoms. The van der Waals surface area contributed by atoms with Gasteiger partial charge >= 0.3 is 0 Å². The second-order valence-electron chi connectivity index (χ2n) is 3.73. The van der Waals surface area contributed by atoms with Gasteiger partial charge in [0.25, 0.3) is 0 Å². The highest BCUT2D eigenvalue weighted by molar-refractivity contribution is 5.51. The molecule has 1 heterocycles. The Labute approximate surface area is 100 Å². The van der Waals surface area contributed by atoms with Crippen LogP contribution in [0.15, 0.2) is 30.6 Å². The lowest BCUT2D eigenvalue weighted by atomic mass is 10.1. The number of nitriles is 1. The third kappa shape index (κ3) is 2.05. The Morgan fingerprint density at radius 3 is 2.94 bits per heavy atom. The molecule has 0 unspecified atom stereocenters. The van der Waals surface area contributed by atoms with Crippen LogP contribution >= 0.6 is 0 Å². The largest absolute Gasteiger partial charge is 0.326 e. The maximum absolute atomic E-state index is 9.18. The summed E-state index contributed by atoms with van der Waals surface area (Å²) in [6.07, 6.45) is 4.45. The van der Waals surface area contributed by atoms with Gasteiger partial charge in [0.15, 0.2) is 0 Å². The first-order chi connectivity index (χ1) is 8.30. The first-order valence-corrected chi connectivity index (χ1v) is 5.55. The number of nitrogens with two attached hydrogens (primary N) is 1. The van der Waals surface area contributed by atoms with Gasteiger partial charge in [-0.25, -0.2) is 4.98 Å². The number of hydrogen-bond acceptors (Lipinski definition) is 3. The number of benzene rings is 1. The highest BCUT2D eigenvalue weighted by Gasteiger charge is 2.08. The fourth-order valence-electron chi connectivity index (χ4n) is 1.83. The van der Waals surface area contributed by atoms with E-state index in [1.807, 2.05) is 35.9 Å². The molecule has 0 saturated carbocycles. The van der Waals surface area contributed by atoms with E-state index < -0.39 is 0 Å². The van der Waals surface area contributed by atoms with Crippen molar-refractivity contribution in [2.75, 3.05) is 0 Å². The van der Waals surface area contributed by atoms with Gasteiger partial charge < -0.3 is 10.3 Å². The average Bonchev–Trinajstić information content (AvgIpc) is 2.85. The highest BCUT2D eigenvalue weighted by atomic mass is 15.1. The van der Waals surface area contributed by atoms with Crippen molar-refractivity contribution in [3.05, 3.63) is 47.5 Å². The Kier molecular flexibility index (Phi) is 3.22. The van der Waals surface area contributed by atoms with Crippen LogP contribution in [0, 0.1) is 11.3 Å². The van der Waals surface area contributed by atoms with Crippen LogP contribution in [0.1, 0.15) is 23.9 Å². The molecule has 0 aliphatic rings. The molecule has 2 aromatic rings. The van der Waals surface area contributed by atoms with E-state index in [2.05, 4.69) is 11.1 Å². The summed E-state index contributed by atoms with van der Waals surface area (Å²) in [5.74, 6) is 0.946. The van der Waals surface area contributed by atoms with E-state index in [-0.39, 0.29) is 0 Å². The molecule has 4 heteroatoms. The molecule has 86 valence electrons. The van der Waals surface area contributed by atoms with Gasteiger partial charge in [-0.3, -0.25) is 0 Å². The molecule has 0 bridgehead atoms. The zero-order valence-corrected chi connectivity index (χ0v) is 9.72. The molecule has 0 amide bonds. The molecule has 0 aliphatic carbocycles. The van der Waals surface area contributed by atoms with Gasteiger partial charge in [0.1, 0.15) is 11.9 Å². The molecular formula is C13H14N4. The summed E-state index contributed by atoms with van der Waals surface area (Å²) in [5, 5.41) is 9.18. The van der Waals surface area contributed by atoms with Crippen molar-refractivity contribution in [2.24, 2.45) is 5.73 Å². The fourth-order valence-corrected chi connectivity index (χ4v) is 1.83. The average molecular weight is 226 g/mol. The smallest absolute Gasteiger partial charge is 0.112 e. The van der Waals surface area contributed by atoms with Gasteiger partial charge in [-0.15, -0.1) is 0 Å². The highest BCUT2D eigenvalue weighted by Crippen LogP contribution is 2.17. The van der Waals surface area contributed by atoms with Crippen molar-refractivity contribution < 1.29 is 0 Å². The van der Waals surface area contributed by atoms with Gasteiger partial charge in [-0.1, -0.05) is 13.0 Å². The zero-order valence-electron chi connectivity index (χ0n) is 9.72. The van der Waals surface area contributed by atoms with Gasteiger partial charge in [0.05, 0.1) is 11.3 Å².